The van der Waals surface area contributed by atoms with E-state index in [9.17, 15) is 17.6 Å². The maximum Gasteiger partial charge on any atom is 0.420 e. The van der Waals surface area contributed by atoms with Crippen molar-refractivity contribution in [3.8, 4) is 0 Å². The first kappa shape index (κ1) is 21.5. The van der Waals surface area contributed by atoms with Crippen molar-refractivity contribution in [1.29, 1.82) is 0 Å². The van der Waals surface area contributed by atoms with Crippen LogP contribution in [0, 0.1) is 11.7 Å². The van der Waals surface area contributed by atoms with Gasteiger partial charge >= 0.3 is 6.18 Å². The molecule has 170 valence electrons. The monoisotopic (exact) mass is 467 g/mol. The molecule has 2 aliphatic rings. The summed E-state index contributed by atoms with van der Waals surface area (Å²) in [5.41, 5.74) is 0.0985. The molecule has 1 aromatic carbocycles. The number of benzene rings is 1. The van der Waals surface area contributed by atoms with Gasteiger partial charge in [0, 0.05) is 45.3 Å². The van der Waals surface area contributed by atoms with E-state index in [1.165, 1.54) is 16.5 Å². The molecule has 1 saturated heterocycles. The summed E-state index contributed by atoms with van der Waals surface area (Å²) in [5, 5.41) is 8.29. The van der Waals surface area contributed by atoms with Gasteiger partial charge in [0.1, 0.15) is 17.2 Å². The zero-order valence-corrected chi connectivity index (χ0v) is 18.0. The summed E-state index contributed by atoms with van der Waals surface area (Å²) in [5.74, 6) is 0.688. The molecule has 2 aromatic heterocycles. The van der Waals surface area contributed by atoms with Crippen molar-refractivity contribution in [2.75, 3.05) is 31.1 Å². The molecule has 0 bridgehead atoms. The lowest BCUT2D eigenvalue weighted by Crippen LogP contribution is -2.46. The zero-order valence-electron chi connectivity index (χ0n) is 17.2. The maximum atomic E-state index is 14.0. The first-order chi connectivity index (χ1) is 15.3. The number of aromatic nitrogens is 3. The second-order valence-electron chi connectivity index (χ2n) is 8.53. The van der Waals surface area contributed by atoms with E-state index >= 15 is 0 Å². The Morgan fingerprint density at radius 1 is 1.03 bits per heavy atom. The first-order valence-corrected chi connectivity index (χ1v) is 11.0. The van der Waals surface area contributed by atoms with E-state index in [0.29, 0.717) is 49.4 Å². The number of rotatable bonds is 5. The van der Waals surface area contributed by atoms with E-state index in [1.54, 1.807) is 18.3 Å². The van der Waals surface area contributed by atoms with Crippen molar-refractivity contribution in [3.63, 3.8) is 0 Å². The Balaban J connectivity index is 1.35. The molecule has 2 fully saturated rings. The second kappa shape index (κ2) is 8.19. The van der Waals surface area contributed by atoms with Crippen molar-refractivity contribution in [2.45, 2.75) is 32.0 Å². The molecule has 3 aromatic rings. The highest BCUT2D eigenvalue weighted by Crippen LogP contribution is 2.37. The summed E-state index contributed by atoms with van der Waals surface area (Å²) >= 11 is 6.16. The number of pyridine rings is 1. The molecule has 1 aliphatic carbocycles. The van der Waals surface area contributed by atoms with Gasteiger partial charge in [-0.1, -0.05) is 11.6 Å². The molecule has 0 N–H and O–H groups in total. The largest absolute Gasteiger partial charge is 0.420 e. The van der Waals surface area contributed by atoms with Crippen LogP contribution in [0.2, 0.25) is 5.02 Å². The molecule has 1 aliphatic heterocycles. The van der Waals surface area contributed by atoms with Crippen LogP contribution in [0.5, 0.6) is 0 Å². The van der Waals surface area contributed by atoms with Gasteiger partial charge in [-0.2, -0.15) is 13.2 Å². The first-order valence-electron chi connectivity index (χ1n) is 10.6. The predicted molar refractivity (Wildman–Crippen MR) is 113 cm³/mol. The lowest BCUT2D eigenvalue weighted by Gasteiger charge is -2.36. The van der Waals surface area contributed by atoms with Gasteiger partial charge in [0.2, 0.25) is 0 Å². The fourth-order valence-corrected chi connectivity index (χ4v) is 4.61. The van der Waals surface area contributed by atoms with E-state index in [2.05, 4.69) is 10.2 Å². The van der Waals surface area contributed by atoms with Crippen LogP contribution in [0.1, 0.15) is 29.8 Å². The van der Waals surface area contributed by atoms with Gasteiger partial charge < -0.3 is 4.90 Å². The van der Waals surface area contributed by atoms with Crippen molar-refractivity contribution in [2.24, 2.45) is 5.92 Å². The lowest BCUT2D eigenvalue weighted by molar-refractivity contribution is -0.137. The number of piperazine rings is 1. The third-order valence-electron chi connectivity index (χ3n) is 6.20. The average molecular weight is 468 g/mol. The molecule has 32 heavy (non-hydrogen) atoms. The van der Waals surface area contributed by atoms with E-state index in [1.807, 2.05) is 9.80 Å². The fraction of sp³-hybridized carbons (Fsp3) is 0.455. The Morgan fingerprint density at radius 2 is 1.78 bits per heavy atom. The van der Waals surface area contributed by atoms with E-state index in [4.69, 9.17) is 11.6 Å². The SMILES string of the molecule is Fc1ccc(N2CCN(Cc3ccn4c(CC5CC5)nnc4c3C(F)(F)F)CC2)c(Cl)c1. The summed E-state index contributed by atoms with van der Waals surface area (Å²) in [6.07, 6.45) is -0.0223. The van der Waals surface area contributed by atoms with E-state index < -0.39 is 17.6 Å². The molecule has 5 nitrogen and oxygen atoms in total. The van der Waals surface area contributed by atoms with Crippen LogP contribution in [-0.2, 0) is 19.1 Å². The van der Waals surface area contributed by atoms with Crippen LogP contribution in [0.3, 0.4) is 0 Å². The Kier molecular flexibility index (Phi) is 5.49. The van der Waals surface area contributed by atoms with Crippen molar-refractivity contribution in [1.82, 2.24) is 19.5 Å². The maximum absolute atomic E-state index is 14.0. The summed E-state index contributed by atoms with van der Waals surface area (Å²) < 4.78 is 56.9. The number of hydrogen-bond acceptors (Lipinski definition) is 4. The Hall–Kier alpha value is -2.39. The third-order valence-corrected chi connectivity index (χ3v) is 6.51. The Morgan fingerprint density at radius 3 is 2.44 bits per heavy atom. The minimum Gasteiger partial charge on any atom is -0.368 e. The standard InChI is InChI=1S/C22H22ClF4N5/c23-17-12-16(24)3-4-18(17)31-9-7-30(8-10-31)13-15-5-6-32-19(11-14-1-2-14)28-29-21(32)20(15)22(25,26)27/h3-6,12,14H,1-2,7-11,13H2. The fourth-order valence-electron chi connectivity index (χ4n) is 4.33. The Labute approximate surface area is 187 Å². The number of halogens is 5. The molecule has 0 atom stereocenters. The number of fused-ring (bicyclic) bond motifs is 1. The summed E-state index contributed by atoms with van der Waals surface area (Å²) in [4.78, 5) is 4.01. The quantitative estimate of drug-likeness (QED) is 0.504. The molecule has 0 spiro atoms. The number of anilines is 1. The van der Waals surface area contributed by atoms with Crippen LogP contribution >= 0.6 is 11.6 Å². The van der Waals surface area contributed by atoms with Gasteiger partial charge in [0.25, 0.3) is 0 Å². The normalized spacial score (nSPS) is 18.0. The topological polar surface area (TPSA) is 36.7 Å². The molecule has 0 radical (unpaired) electrons. The molecular weight excluding hydrogens is 446 g/mol. The van der Waals surface area contributed by atoms with Crippen LogP contribution in [-0.4, -0.2) is 45.7 Å². The van der Waals surface area contributed by atoms with Crippen LogP contribution in [0.4, 0.5) is 23.2 Å². The molecule has 10 heteroatoms. The van der Waals surface area contributed by atoms with Gasteiger partial charge in [0.05, 0.1) is 10.7 Å². The van der Waals surface area contributed by atoms with Gasteiger partial charge in [0.15, 0.2) is 5.65 Å². The number of alkyl halides is 3. The molecule has 0 unspecified atom stereocenters. The van der Waals surface area contributed by atoms with Crippen LogP contribution < -0.4 is 4.90 Å². The van der Waals surface area contributed by atoms with E-state index in [-0.39, 0.29) is 17.8 Å². The zero-order chi connectivity index (χ0) is 22.5. The number of hydrogen-bond donors (Lipinski definition) is 0. The highest BCUT2D eigenvalue weighted by molar-refractivity contribution is 6.33. The van der Waals surface area contributed by atoms with Crippen molar-refractivity contribution in [3.05, 3.63) is 58.3 Å². The second-order valence-corrected chi connectivity index (χ2v) is 8.94. The summed E-state index contributed by atoms with van der Waals surface area (Å²) in [7, 11) is 0. The minimum absolute atomic E-state index is 0.123. The van der Waals surface area contributed by atoms with Crippen LogP contribution in [0.15, 0.2) is 30.5 Å². The van der Waals surface area contributed by atoms with Crippen molar-refractivity contribution < 1.29 is 17.6 Å². The van der Waals surface area contributed by atoms with Gasteiger partial charge in [-0.3, -0.25) is 9.30 Å². The average Bonchev–Trinajstić information content (AvgIpc) is 3.46. The predicted octanol–water partition coefficient (Wildman–Crippen LogP) is 4.82. The summed E-state index contributed by atoms with van der Waals surface area (Å²) in [6.45, 7) is 2.48. The molecular formula is C22H22ClF4N5. The highest BCUT2D eigenvalue weighted by atomic mass is 35.5. The van der Waals surface area contributed by atoms with Crippen molar-refractivity contribution >= 4 is 22.9 Å². The molecule has 3 heterocycles. The van der Waals surface area contributed by atoms with E-state index in [0.717, 1.165) is 18.5 Å². The highest BCUT2D eigenvalue weighted by Gasteiger charge is 2.38. The van der Waals surface area contributed by atoms with Gasteiger partial charge in [-0.25, -0.2) is 4.39 Å². The lowest BCUT2D eigenvalue weighted by atomic mass is 10.1. The minimum atomic E-state index is -4.52. The number of nitrogens with zero attached hydrogens (tertiary/aromatic N) is 5. The molecule has 5 rings (SSSR count). The third kappa shape index (κ3) is 4.28. The van der Waals surface area contributed by atoms with Crippen LogP contribution in [0.25, 0.3) is 5.65 Å². The van der Waals surface area contributed by atoms with Gasteiger partial charge in [-0.05, 0) is 48.6 Å². The Bertz CT molecular complexity index is 1130. The van der Waals surface area contributed by atoms with Gasteiger partial charge in [-0.15, -0.1) is 10.2 Å². The molecule has 0 amide bonds. The summed E-state index contributed by atoms with van der Waals surface area (Å²) in [6, 6.07) is 5.80. The smallest absolute Gasteiger partial charge is 0.368 e. The molecule has 1 saturated carbocycles.